The lowest BCUT2D eigenvalue weighted by Crippen LogP contribution is -2.33. The van der Waals surface area contributed by atoms with Gasteiger partial charge in [0.15, 0.2) is 0 Å². The fourth-order valence-electron chi connectivity index (χ4n) is 3.89. The minimum Gasteiger partial charge on any atom is -0.369 e. The summed E-state index contributed by atoms with van der Waals surface area (Å²) in [5.74, 6) is 0.144. The van der Waals surface area contributed by atoms with Crippen molar-refractivity contribution in [1.29, 1.82) is 0 Å². The number of amides is 2. The predicted molar refractivity (Wildman–Crippen MR) is 99.6 cm³/mol. The highest BCUT2D eigenvalue weighted by molar-refractivity contribution is 5.97. The van der Waals surface area contributed by atoms with Gasteiger partial charge in [0.2, 0.25) is 11.9 Å². The van der Waals surface area contributed by atoms with E-state index in [1.807, 2.05) is 0 Å². The van der Waals surface area contributed by atoms with Crippen LogP contribution in [-0.2, 0) is 4.79 Å². The average molecular weight is 360 g/mol. The number of carbonyl (C=O) groups is 2. The van der Waals surface area contributed by atoms with E-state index in [1.54, 1.807) is 0 Å². The molecule has 0 atom stereocenters. The Balaban J connectivity index is 1.68. The van der Waals surface area contributed by atoms with Gasteiger partial charge in [-0.15, -0.1) is 0 Å². The highest BCUT2D eigenvalue weighted by atomic mass is 16.1. The molecule has 2 saturated carbocycles. The number of carbonyl (C=O) groups excluding carboxylic acids is 2. The maximum absolute atomic E-state index is 11.7. The number of hydrogen-bond donors (Lipinski definition) is 4. The Bertz CT molecular complexity index is 651. The number of nitrogens with zero attached hydrogens (tertiary/aromatic N) is 2. The van der Waals surface area contributed by atoms with Crippen LogP contribution in [0.15, 0.2) is 6.20 Å². The molecule has 1 aromatic heterocycles. The van der Waals surface area contributed by atoms with Gasteiger partial charge in [-0.25, -0.2) is 4.98 Å². The van der Waals surface area contributed by atoms with Gasteiger partial charge >= 0.3 is 0 Å². The Morgan fingerprint density at radius 2 is 1.58 bits per heavy atom. The molecule has 0 bridgehead atoms. The van der Waals surface area contributed by atoms with Crippen LogP contribution in [0.25, 0.3) is 0 Å². The molecule has 0 unspecified atom stereocenters. The van der Waals surface area contributed by atoms with Crippen LogP contribution in [0.1, 0.15) is 68.1 Å². The largest absolute Gasteiger partial charge is 0.369 e. The van der Waals surface area contributed by atoms with Crippen molar-refractivity contribution in [1.82, 2.24) is 9.97 Å². The van der Waals surface area contributed by atoms with Crippen LogP contribution in [-0.4, -0.2) is 33.9 Å². The van der Waals surface area contributed by atoms with Gasteiger partial charge < -0.3 is 22.1 Å². The van der Waals surface area contributed by atoms with Gasteiger partial charge in [-0.2, -0.15) is 4.98 Å². The lowest BCUT2D eigenvalue weighted by molar-refractivity contribution is -0.122. The van der Waals surface area contributed by atoms with Crippen LogP contribution in [0, 0.1) is 5.92 Å². The van der Waals surface area contributed by atoms with Crippen LogP contribution in [0.5, 0.6) is 0 Å². The number of nitrogens with two attached hydrogens (primary N) is 2. The van der Waals surface area contributed by atoms with Gasteiger partial charge in [0.25, 0.3) is 5.91 Å². The molecular weight excluding hydrogens is 332 g/mol. The second kappa shape index (κ2) is 8.33. The molecular formula is C18H28N6O2. The van der Waals surface area contributed by atoms with E-state index in [4.69, 9.17) is 11.5 Å². The summed E-state index contributed by atoms with van der Waals surface area (Å²) in [6.07, 6.45) is 10.5. The molecule has 0 radical (unpaired) electrons. The van der Waals surface area contributed by atoms with Crippen molar-refractivity contribution in [3.63, 3.8) is 0 Å². The first-order valence-corrected chi connectivity index (χ1v) is 9.52. The smallest absolute Gasteiger partial charge is 0.254 e. The van der Waals surface area contributed by atoms with Gasteiger partial charge in [0.05, 0.1) is 5.56 Å². The summed E-state index contributed by atoms with van der Waals surface area (Å²) in [6.45, 7) is 0. The summed E-state index contributed by atoms with van der Waals surface area (Å²) in [5, 5.41) is 6.69. The Morgan fingerprint density at radius 1 is 0.923 bits per heavy atom. The topological polar surface area (TPSA) is 136 Å². The standard InChI is InChI=1S/C18H28N6O2/c19-15(25)11-6-8-13(9-7-11)22-17-14(16(20)26)10-21-18(24-17)23-12-4-2-1-3-5-12/h10-13H,1-9H2,(H2,19,25)(H2,20,26)(H2,21,22,23,24)/t11-,13+. The van der Waals surface area contributed by atoms with Crippen molar-refractivity contribution in [2.75, 3.05) is 10.6 Å². The third kappa shape index (κ3) is 4.62. The van der Waals surface area contributed by atoms with Gasteiger partial charge in [0, 0.05) is 24.2 Å². The number of anilines is 2. The molecule has 1 aromatic rings. The molecule has 2 aliphatic rings. The Morgan fingerprint density at radius 3 is 2.19 bits per heavy atom. The molecule has 1 heterocycles. The minimum absolute atomic E-state index is 0.0578. The molecule has 2 amide bonds. The summed E-state index contributed by atoms with van der Waals surface area (Å²) < 4.78 is 0. The molecule has 26 heavy (non-hydrogen) atoms. The molecule has 0 aliphatic heterocycles. The van der Waals surface area contributed by atoms with Crippen molar-refractivity contribution in [2.24, 2.45) is 17.4 Å². The number of primary amides is 2. The Hall–Kier alpha value is -2.38. The van der Waals surface area contributed by atoms with Gasteiger partial charge in [-0.05, 0) is 38.5 Å². The number of nitrogens with one attached hydrogen (secondary N) is 2. The Labute approximate surface area is 153 Å². The minimum atomic E-state index is -0.553. The lowest BCUT2D eigenvalue weighted by Gasteiger charge is -2.28. The molecule has 0 spiro atoms. The van der Waals surface area contributed by atoms with Gasteiger partial charge in [-0.1, -0.05) is 19.3 Å². The zero-order chi connectivity index (χ0) is 18.5. The van der Waals surface area contributed by atoms with E-state index in [1.165, 1.54) is 25.5 Å². The second-order valence-electron chi connectivity index (χ2n) is 7.39. The third-order valence-corrected chi connectivity index (χ3v) is 5.46. The van der Waals surface area contributed by atoms with E-state index in [9.17, 15) is 9.59 Å². The summed E-state index contributed by atoms with van der Waals surface area (Å²) in [7, 11) is 0. The monoisotopic (exact) mass is 360 g/mol. The summed E-state index contributed by atoms with van der Waals surface area (Å²) in [4.78, 5) is 31.8. The van der Waals surface area contributed by atoms with Crippen molar-refractivity contribution in [3.8, 4) is 0 Å². The Kier molecular flexibility index (Phi) is 5.90. The van der Waals surface area contributed by atoms with Gasteiger partial charge in [0.1, 0.15) is 5.82 Å². The lowest BCUT2D eigenvalue weighted by atomic mass is 9.85. The molecule has 6 N–H and O–H groups in total. The summed E-state index contributed by atoms with van der Waals surface area (Å²) in [5.41, 5.74) is 11.2. The molecule has 2 aliphatic carbocycles. The van der Waals surface area contributed by atoms with Crippen LogP contribution >= 0.6 is 0 Å². The molecule has 8 nitrogen and oxygen atoms in total. The predicted octanol–water partition coefficient (Wildman–Crippen LogP) is 1.78. The SMILES string of the molecule is NC(=O)c1cnc(NC2CCCCC2)nc1N[C@H]1CC[C@@H](C(N)=O)CC1. The molecule has 0 aromatic carbocycles. The molecule has 2 fully saturated rings. The highest BCUT2D eigenvalue weighted by Gasteiger charge is 2.26. The normalized spacial score (nSPS) is 24.0. The number of hydrogen-bond acceptors (Lipinski definition) is 6. The summed E-state index contributed by atoms with van der Waals surface area (Å²) >= 11 is 0. The fraction of sp³-hybridized carbons (Fsp3) is 0.667. The van der Waals surface area contributed by atoms with E-state index in [0.29, 0.717) is 17.8 Å². The van der Waals surface area contributed by atoms with Crippen LogP contribution in [0.4, 0.5) is 11.8 Å². The van der Waals surface area contributed by atoms with Crippen molar-refractivity contribution in [3.05, 3.63) is 11.8 Å². The first-order chi connectivity index (χ1) is 12.5. The third-order valence-electron chi connectivity index (χ3n) is 5.46. The highest BCUT2D eigenvalue weighted by Crippen LogP contribution is 2.27. The van der Waals surface area contributed by atoms with Crippen LogP contribution in [0.2, 0.25) is 0 Å². The zero-order valence-electron chi connectivity index (χ0n) is 15.0. The van der Waals surface area contributed by atoms with E-state index in [2.05, 4.69) is 20.6 Å². The second-order valence-corrected chi connectivity index (χ2v) is 7.39. The number of aromatic nitrogens is 2. The van der Waals surface area contributed by atoms with Crippen molar-refractivity contribution >= 4 is 23.6 Å². The van der Waals surface area contributed by atoms with E-state index in [0.717, 1.165) is 38.5 Å². The molecule has 3 rings (SSSR count). The zero-order valence-corrected chi connectivity index (χ0v) is 15.0. The first-order valence-electron chi connectivity index (χ1n) is 9.52. The maximum atomic E-state index is 11.7. The molecule has 8 heteroatoms. The average Bonchev–Trinajstić information content (AvgIpc) is 2.63. The van der Waals surface area contributed by atoms with E-state index in [-0.39, 0.29) is 23.4 Å². The van der Waals surface area contributed by atoms with E-state index >= 15 is 0 Å². The fourth-order valence-corrected chi connectivity index (χ4v) is 3.89. The van der Waals surface area contributed by atoms with Crippen LogP contribution < -0.4 is 22.1 Å². The van der Waals surface area contributed by atoms with Gasteiger partial charge in [-0.3, -0.25) is 9.59 Å². The molecule has 0 saturated heterocycles. The first kappa shape index (κ1) is 18.4. The van der Waals surface area contributed by atoms with Crippen molar-refractivity contribution < 1.29 is 9.59 Å². The summed E-state index contributed by atoms with van der Waals surface area (Å²) in [6, 6.07) is 0.517. The number of rotatable bonds is 6. The van der Waals surface area contributed by atoms with E-state index < -0.39 is 5.91 Å². The molecule has 142 valence electrons. The maximum Gasteiger partial charge on any atom is 0.254 e. The van der Waals surface area contributed by atoms with Crippen LogP contribution in [0.3, 0.4) is 0 Å². The quantitative estimate of drug-likeness (QED) is 0.610. The van der Waals surface area contributed by atoms with Crippen molar-refractivity contribution in [2.45, 2.75) is 69.9 Å².